The fraction of sp³-hybridized carbons (Fsp3) is 0.263. The van der Waals surface area contributed by atoms with Gasteiger partial charge in [-0.05, 0) is 55.2 Å². The second-order valence-corrected chi connectivity index (χ2v) is 6.23. The van der Waals surface area contributed by atoms with Gasteiger partial charge >= 0.3 is 5.97 Å². The molecule has 0 heterocycles. The minimum Gasteiger partial charge on any atom is -0.481 e. The van der Waals surface area contributed by atoms with Crippen molar-refractivity contribution in [3.8, 4) is 0 Å². The molecule has 0 saturated heterocycles. The molecule has 0 spiro atoms. The summed E-state index contributed by atoms with van der Waals surface area (Å²) in [6.45, 7) is 1.61. The lowest BCUT2D eigenvalue weighted by molar-refractivity contribution is -0.138. The maximum absolute atomic E-state index is 13.1. The van der Waals surface area contributed by atoms with Crippen molar-refractivity contribution in [2.75, 3.05) is 5.32 Å². The van der Waals surface area contributed by atoms with Gasteiger partial charge in [0.1, 0.15) is 5.82 Å². The normalized spacial score (nSPS) is 16.2. The standard InChI is InChI=1S/C19H18FNO3/c1-12(17(22)23)13-2-8-16(9-3-13)21-18(24)19(10-11-19)14-4-6-15(20)7-5-14/h2-9,12H,10-11H2,1H3,(H,21,24)(H,22,23). The van der Waals surface area contributed by atoms with Crippen molar-refractivity contribution < 1.29 is 19.1 Å². The number of hydrogen-bond acceptors (Lipinski definition) is 2. The Hall–Kier alpha value is -2.69. The summed E-state index contributed by atoms with van der Waals surface area (Å²) in [6.07, 6.45) is 1.47. The third-order valence-electron chi connectivity index (χ3n) is 4.62. The highest BCUT2D eigenvalue weighted by Gasteiger charge is 2.51. The van der Waals surface area contributed by atoms with Crippen molar-refractivity contribution in [2.24, 2.45) is 0 Å². The minimum atomic E-state index is -0.889. The van der Waals surface area contributed by atoms with Gasteiger partial charge in [-0.1, -0.05) is 24.3 Å². The highest BCUT2D eigenvalue weighted by molar-refractivity contribution is 6.01. The molecule has 2 aromatic rings. The van der Waals surface area contributed by atoms with E-state index < -0.39 is 17.3 Å². The summed E-state index contributed by atoms with van der Waals surface area (Å²) in [5, 5.41) is 11.9. The molecule has 5 heteroatoms. The monoisotopic (exact) mass is 327 g/mol. The molecule has 3 rings (SSSR count). The first-order valence-electron chi connectivity index (χ1n) is 7.83. The van der Waals surface area contributed by atoms with Crippen LogP contribution in [0.2, 0.25) is 0 Å². The van der Waals surface area contributed by atoms with Crippen LogP contribution in [0.15, 0.2) is 48.5 Å². The van der Waals surface area contributed by atoms with Crippen LogP contribution in [-0.4, -0.2) is 17.0 Å². The van der Waals surface area contributed by atoms with Crippen LogP contribution in [0.5, 0.6) is 0 Å². The summed E-state index contributed by atoms with van der Waals surface area (Å²) in [5.41, 5.74) is 1.54. The number of nitrogens with one attached hydrogen (secondary N) is 1. The molecule has 1 aliphatic rings. The van der Waals surface area contributed by atoms with Gasteiger partial charge in [-0.25, -0.2) is 4.39 Å². The van der Waals surface area contributed by atoms with E-state index >= 15 is 0 Å². The van der Waals surface area contributed by atoms with E-state index in [0.29, 0.717) is 11.3 Å². The van der Waals surface area contributed by atoms with Crippen LogP contribution in [-0.2, 0) is 15.0 Å². The van der Waals surface area contributed by atoms with Gasteiger partial charge in [0.15, 0.2) is 0 Å². The van der Waals surface area contributed by atoms with Gasteiger partial charge in [0.25, 0.3) is 0 Å². The second-order valence-electron chi connectivity index (χ2n) is 6.23. The zero-order valence-corrected chi connectivity index (χ0v) is 13.3. The van der Waals surface area contributed by atoms with Crippen LogP contribution >= 0.6 is 0 Å². The Balaban J connectivity index is 1.73. The lowest BCUT2D eigenvalue weighted by atomic mass is 9.94. The summed E-state index contributed by atoms with van der Waals surface area (Å²) in [6, 6.07) is 12.8. The van der Waals surface area contributed by atoms with Crippen LogP contribution in [0, 0.1) is 5.82 Å². The molecular formula is C19H18FNO3. The van der Waals surface area contributed by atoms with Crippen LogP contribution < -0.4 is 5.32 Å². The largest absolute Gasteiger partial charge is 0.481 e. The Bertz CT molecular complexity index is 764. The Morgan fingerprint density at radius 1 is 1.08 bits per heavy atom. The number of rotatable bonds is 5. The number of halogens is 1. The average Bonchev–Trinajstić information content (AvgIpc) is 3.37. The number of amides is 1. The van der Waals surface area contributed by atoms with E-state index in [4.69, 9.17) is 5.11 Å². The van der Waals surface area contributed by atoms with Crippen molar-refractivity contribution in [1.82, 2.24) is 0 Å². The van der Waals surface area contributed by atoms with Crippen molar-refractivity contribution in [3.63, 3.8) is 0 Å². The number of carboxylic acid groups (broad SMARTS) is 1. The fourth-order valence-corrected chi connectivity index (χ4v) is 2.79. The van der Waals surface area contributed by atoms with Crippen molar-refractivity contribution in [1.29, 1.82) is 0 Å². The molecule has 124 valence electrons. The minimum absolute atomic E-state index is 0.117. The molecule has 1 fully saturated rings. The Morgan fingerprint density at radius 3 is 2.17 bits per heavy atom. The van der Waals surface area contributed by atoms with E-state index in [1.54, 1.807) is 43.3 Å². The summed E-state index contributed by atoms with van der Waals surface area (Å²) in [4.78, 5) is 23.6. The molecule has 1 atom stereocenters. The molecule has 2 N–H and O–H groups in total. The summed E-state index contributed by atoms with van der Waals surface area (Å²) in [7, 11) is 0. The first kappa shape index (κ1) is 16.2. The molecule has 1 amide bonds. The maximum atomic E-state index is 13.1. The topological polar surface area (TPSA) is 66.4 Å². The smallest absolute Gasteiger partial charge is 0.310 e. The molecule has 1 aliphatic carbocycles. The van der Waals surface area contributed by atoms with Crippen LogP contribution in [0.25, 0.3) is 0 Å². The SMILES string of the molecule is CC(C(=O)O)c1ccc(NC(=O)C2(c3ccc(F)cc3)CC2)cc1. The summed E-state index contributed by atoms with van der Waals surface area (Å²) < 4.78 is 13.1. The van der Waals surface area contributed by atoms with Gasteiger partial charge in [-0.3, -0.25) is 9.59 Å². The molecule has 1 saturated carbocycles. The highest BCUT2D eigenvalue weighted by Crippen LogP contribution is 2.49. The molecule has 0 bridgehead atoms. The molecule has 2 aromatic carbocycles. The number of carbonyl (C=O) groups is 2. The zero-order valence-electron chi connectivity index (χ0n) is 13.3. The second kappa shape index (κ2) is 6.07. The lowest BCUT2D eigenvalue weighted by Crippen LogP contribution is -2.27. The van der Waals surface area contributed by atoms with Gasteiger partial charge in [-0.2, -0.15) is 0 Å². The van der Waals surface area contributed by atoms with Gasteiger partial charge in [0, 0.05) is 5.69 Å². The van der Waals surface area contributed by atoms with Gasteiger partial charge in [-0.15, -0.1) is 0 Å². The van der Waals surface area contributed by atoms with Crippen LogP contribution in [0.3, 0.4) is 0 Å². The molecule has 4 nitrogen and oxygen atoms in total. The van der Waals surface area contributed by atoms with E-state index in [0.717, 1.165) is 18.4 Å². The third-order valence-corrected chi connectivity index (χ3v) is 4.62. The molecule has 24 heavy (non-hydrogen) atoms. The van der Waals surface area contributed by atoms with Crippen molar-refractivity contribution in [2.45, 2.75) is 31.1 Å². The first-order valence-corrected chi connectivity index (χ1v) is 7.83. The Morgan fingerprint density at radius 2 is 1.67 bits per heavy atom. The Labute approximate surface area is 139 Å². The predicted molar refractivity (Wildman–Crippen MR) is 88.4 cm³/mol. The van der Waals surface area contributed by atoms with E-state index in [1.807, 2.05) is 0 Å². The van der Waals surface area contributed by atoms with E-state index in [2.05, 4.69) is 5.32 Å². The first-order chi connectivity index (χ1) is 11.4. The average molecular weight is 327 g/mol. The van der Waals surface area contributed by atoms with Crippen LogP contribution in [0.1, 0.15) is 36.8 Å². The van der Waals surface area contributed by atoms with Gasteiger partial charge in [0.05, 0.1) is 11.3 Å². The van der Waals surface area contributed by atoms with Gasteiger partial charge < -0.3 is 10.4 Å². The predicted octanol–water partition coefficient (Wildman–Crippen LogP) is 3.68. The summed E-state index contributed by atoms with van der Waals surface area (Å²) in [5.74, 6) is -1.92. The van der Waals surface area contributed by atoms with E-state index in [1.165, 1.54) is 12.1 Å². The number of benzene rings is 2. The molecule has 0 aromatic heterocycles. The quantitative estimate of drug-likeness (QED) is 0.880. The third kappa shape index (κ3) is 3.02. The number of carbonyl (C=O) groups excluding carboxylic acids is 1. The molecule has 0 aliphatic heterocycles. The zero-order chi connectivity index (χ0) is 17.3. The number of anilines is 1. The van der Waals surface area contributed by atoms with E-state index in [9.17, 15) is 14.0 Å². The lowest BCUT2D eigenvalue weighted by Gasteiger charge is -2.16. The van der Waals surface area contributed by atoms with Crippen LogP contribution in [0.4, 0.5) is 10.1 Å². The Kier molecular flexibility index (Phi) is 4.09. The maximum Gasteiger partial charge on any atom is 0.310 e. The molecular weight excluding hydrogens is 309 g/mol. The number of aliphatic carboxylic acids is 1. The van der Waals surface area contributed by atoms with Crippen molar-refractivity contribution in [3.05, 3.63) is 65.5 Å². The summed E-state index contributed by atoms with van der Waals surface area (Å²) >= 11 is 0. The van der Waals surface area contributed by atoms with Crippen molar-refractivity contribution >= 4 is 17.6 Å². The van der Waals surface area contributed by atoms with E-state index in [-0.39, 0.29) is 11.7 Å². The highest BCUT2D eigenvalue weighted by atomic mass is 19.1. The number of carboxylic acids is 1. The fourth-order valence-electron chi connectivity index (χ4n) is 2.79. The molecule has 1 unspecified atom stereocenters. The van der Waals surface area contributed by atoms with Gasteiger partial charge in [0.2, 0.25) is 5.91 Å². The number of hydrogen-bond donors (Lipinski definition) is 2. The molecule has 0 radical (unpaired) electrons.